The van der Waals surface area contributed by atoms with Crippen LogP contribution < -0.4 is 5.73 Å². The first-order chi connectivity index (χ1) is 9.21. The van der Waals surface area contributed by atoms with Gasteiger partial charge < -0.3 is 5.73 Å². The maximum absolute atomic E-state index is 5.84. The molecule has 102 valence electrons. The van der Waals surface area contributed by atoms with E-state index in [1.807, 2.05) is 30.1 Å². The Kier molecular flexibility index (Phi) is 2.80. The van der Waals surface area contributed by atoms with E-state index < -0.39 is 0 Å². The first kappa shape index (κ1) is 12.1. The molecule has 0 amide bonds. The topological polar surface area (TPSA) is 38.9 Å². The SMILES string of the molecule is Nc1ccnc(SCC23CC4CC(CC(C4)C2)C3)c1. The minimum absolute atomic E-state index is 0.631. The molecule has 4 fully saturated rings. The molecule has 4 aliphatic rings. The minimum Gasteiger partial charge on any atom is -0.399 e. The van der Waals surface area contributed by atoms with Gasteiger partial charge in [0.1, 0.15) is 0 Å². The van der Waals surface area contributed by atoms with Crippen LogP contribution in [0.15, 0.2) is 23.4 Å². The van der Waals surface area contributed by atoms with Gasteiger partial charge in [-0.2, -0.15) is 0 Å². The molecule has 0 radical (unpaired) electrons. The maximum atomic E-state index is 5.84. The average Bonchev–Trinajstić information content (AvgIpc) is 2.35. The molecule has 1 aromatic rings. The van der Waals surface area contributed by atoms with Crippen molar-refractivity contribution in [2.45, 2.75) is 43.6 Å². The summed E-state index contributed by atoms with van der Waals surface area (Å²) in [7, 11) is 0. The summed E-state index contributed by atoms with van der Waals surface area (Å²) < 4.78 is 0. The molecule has 0 spiro atoms. The molecule has 19 heavy (non-hydrogen) atoms. The van der Waals surface area contributed by atoms with Crippen LogP contribution in [-0.2, 0) is 0 Å². The number of hydrogen-bond donors (Lipinski definition) is 1. The van der Waals surface area contributed by atoms with Gasteiger partial charge in [0.2, 0.25) is 0 Å². The van der Waals surface area contributed by atoms with E-state index in [0.29, 0.717) is 5.41 Å². The predicted octanol–water partition coefficient (Wildman–Crippen LogP) is 3.97. The van der Waals surface area contributed by atoms with Crippen LogP contribution in [0, 0.1) is 23.2 Å². The van der Waals surface area contributed by atoms with Crippen molar-refractivity contribution in [1.82, 2.24) is 4.98 Å². The molecule has 0 atom stereocenters. The zero-order valence-corrected chi connectivity index (χ0v) is 12.2. The van der Waals surface area contributed by atoms with Crippen molar-refractivity contribution in [3.05, 3.63) is 18.3 Å². The van der Waals surface area contributed by atoms with E-state index in [9.17, 15) is 0 Å². The van der Waals surface area contributed by atoms with Gasteiger partial charge in [0, 0.05) is 17.6 Å². The Balaban J connectivity index is 1.48. The lowest BCUT2D eigenvalue weighted by atomic mass is 9.50. The van der Waals surface area contributed by atoms with Crippen LogP contribution in [0.3, 0.4) is 0 Å². The van der Waals surface area contributed by atoms with Crippen LogP contribution in [0.4, 0.5) is 5.69 Å². The zero-order chi connectivity index (χ0) is 12.9. The van der Waals surface area contributed by atoms with Crippen molar-refractivity contribution < 1.29 is 0 Å². The molecule has 4 bridgehead atoms. The largest absolute Gasteiger partial charge is 0.399 e. The summed E-state index contributed by atoms with van der Waals surface area (Å²) in [5.41, 5.74) is 7.31. The van der Waals surface area contributed by atoms with Gasteiger partial charge in [-0.3, -0.25) is 0 Å². The van der Waals surface area contributed by atoms with E-state index in [0.717, 1.165) is 28.5 Å². The molecule has 1 aromatic heterocycles. The highest BCUT2D eigenvalue weighted by atomic mass is 32.2. The fourth-order valence-corrected chi connectivity index (χ4v) is 6.36. The highest BCUT2D eigenvalue weighted by molar-refractivity contribution is 7.99. The quantitative estimate of drug-likeness (QED) is 0.848. The normalized spacial score (nSPS) is 39.7. The molecule has 0 unspecified atom stereocenters. The van der Waals surface area contributed by atoms with Gasteiger partial charge in [0.25, 0.3) is 0 Å². The van der Waals surface area contributed by atoms with Crippen molar-refractivity contribution in [3.63, 3.8) is 0 Å². The van der Waals surface area contributed by atoms with Gasteiger partial charge >= 0.3 is 0 Å². The maximum Gasteiger partial charge on any atom is 0.0980 e. The molecular weight excluding hydrogens is 252 g/mol. The second-order valence-electron chi connectivity index (χ2n) is 7.13. The van der Waals surface area contributed by atoms with Crippen LogP contribution in [0.1, 0.15) is 38.5 Å². The zero-order valence-electron chi connectivity index (χ0n) is 11.3. The Hall–Kier alpha value is -0.700. The number of nitrogens with zero attached hydrogens (tertiary/aromatic N) is 1. The Morgan fingerprint density at radius 2 is 1.79 bits per heavy atom. The van der Waals surface area contributed by atoms with E-state index in [2.05, 4.69) is 4.98 Å². The molecule has 0 saturated heterocycles. The summed E-state index contributed by atoms with van der Waals surface area (Å²) in [6.45, 7) is 0. The third-order valence-electron chi connectivity index (χ3n) is 5.45. The molecule has 1 heterocycles. The molecule has 2 N–H and O–H groups in total. The van der Waals surface area contributed by atoms with Crippen molar-refractivity contribution in [2.24, 2.45) is 23.2 Å². The minimum atomic E-state index is 0.631. The molecule has 4 aliphatic carbocycles. The summed E-state index contributed by atoms with van der Waals surface area (Å²) in [6, 6.07) is 3.89. The van der Waals surface area contributed by atoms with Crippen molar-refractivity contribution >= 4 is 17.4 Å². The first-order valence-corrected chi connectivity index (χ1v) is 8.54. The molecule has 2 nitrogen and oxygen atoms in total. The number of aromatic nitrogens is 1. The van der Waals surface area contributed by atoms with Crippen LogP contribution in [0.25, 0.3) is 0 Å². The van der Waals surface area contributed by atoms with Gasteiger partial charge in [-0.1, -0.05) is 0 Å². The third kappa shape index (κ3) is 2.26. The van der Waals surface area contributed by atoms with Gasteiger partial charge in [-0.15, -0.1) is 11.8 Å². The molecule has 3 heteroatoms. The van der Waals surface area contributed by atoms with Gasteiger partial charge in [0.05, 0.1) is 5.03 Å². The number of hydrogen-bond acceptors (Lipinski definition) is 3. The van der Waals surface area contributed by atoms with Gasteiger partial charge in [-0.25, -0.2) is 4.98 Å². The summed E-state index contributed by atoms with van der Waals surface area (Å²) in [5.74, 6) is 4.38. The standard InChI is InChI=1S/C16H22N2S/c17-14-1-2-18-15(6-14)19-10-16-7-11-3-12(8-16)5-13(4-11)9-16/h1-2,6,11-13H,3-5,7-10H2,(H2,17,18). The second-order valence-corrected chi connectivity index (χ2v) is 8.13. The number of thioether (sulfide) groups is 1. The van der Waals surface area contributed by atoms with Gasteiger partial charge in [0.15, 0.2) is 0 Å². The monoisotopic (exact) mass is 274 g/mol. The lowest BCUT2D eigenvalue weighted by molar-refractivity contribution is -0.0381. The van der Waals surface area contributed by atoms with Crippen LogP contribution in [0.2, 0.25) is 0 Å². The van der Waals surface area contributed by atoms with Crippen LogP contribution in [-0.4, -0.2) is 10.7 Å². The summed E-state index contributed by atoms with van der Waals surface area (Å²) >= 11 is 1.93. The molecule has 0 aliphatic heterocycles. The fraction of sp³-hybridized carbons (Fsp3) is 0.688. The molecule has 5 rings (SSSR count). The predicted molar refractivity (Wildman–Crippen MR) is 80.0 cm³/mol. The lowest BCUT2D eigenvalue weighted by Crippen LogP contribution is -2.47. The molecule has 0 aromatic carbocycles. The van der Waals surface area contributed by atoms with Gasteiger partial charge in [-0.05, 0) is 73.8 Å². The van der Waals surface area contributed by atoms with E-state index in [1.165, 1.54) is 44.3 Å². The van der Waals surface area contributed by atoms with Crippen molar-refractivity contribution in [3.8, 4) is 0 Å². The first-order valence-electron chi connectivity index (χ1n) is 7.55. The smallest absolute Gasteiger partial charge is 0.0980 e. The Bertz CT molecular complexity index is 450. The lowest BCUT2D eigenvalue weighted by Gasteiger charge is -2.56. The highest BCUT2D eigenvalue weighted by Gasteiger charge is 2.50. The number of pyridine rings is 1. The second kappa shape index (κ2) is 4.41. The Morgan fingerprint density at radius 1 is 1.16 bits per heavy atom. The van der Waals surface area contributed by atoms with Crippen LogP contribution >= 0.6 is 11.8 Å². The molecule has 4 saturated carbocycles. The Labute approximate surface area is 119 Å². The molecular formula is C16H22N2S. The average molecular weight is 274 g/mol. The van der Waals surface area contributed by atoms with Crippen LogP contribution in [0.5, 0.6) is 0 Å². The number of nitrogen functional groups attached to an aromatic ring is 1. The summed E-state index contributed by atoms with van der Waals surface area (Å²) in [6.07, 6.45) is 10.9. The number of anilines is 1. The van der Waals surface area contributed by atoms with E-state index in [1.54, 1.807) is 0 Å². The number of nitrogens with two attached hydrogens (primary N) is 1. The summed E-state index contributed by atoms with van der Waals surface area (Å²) in [4.78, 5) is 4.44. The van der Waals surface area contributed by atoms with E-state index in [4.69, 9.17) is 5.73 Å². The highest BCUT2D eigenvalue weighted by Crippen LogP contribution is 2.61. The van der Waals surface area contributed by atoms with E-state index >= 15 is 0 Å². The Morgan fingerprint density at radius 3 is 2.37 bits per heavy atom. The fourth-order valence-electron chi connectivity index (χ4n) is 5.20. The summed E-state index contributed by atoms with van der Waals surface area (Å²) in [5, 5.41) is 1.11. The van der Waals surface area contributed by atoms with Crippen molar-refractivity contribution in [2.75, 3.05) is 11.5 Å². The van der Waals surface area contributed by atoms with E-state index in [-0.39, 0.29) is 0 Å². The van der Waals surface area contributed by atoms with Crippen molar-refractivity contribution in [1.29, 1.82) is 0 Å². The third-order valence-corrected chi connectivity index (χ3v) is 6.73. The number of rotatable bonds is 3.